The Bertz CT molecular complexity index is 1090. The van der Waals surface area contributed by atoms with Crippen molar-refractivity contribution in [1.29, 1.82) is 0 Å². The minimum absolute atomic E-state index is 0.0730. The first-order valence-electron chi connectivity index (χ1n) is 8.92. The summed E-state index contributed by atoms with van der Waals surface area (Å²) in [5.74, 6) is -2.33. The van der Waals surface area contributed by atoms with Gasteiger partial charge < -0.3 is 10.1 Å². The quantitative estimate of drug-likeness (QED) is 0.340. The molecular formula is C18H22ClFN3O5PS2. The number of benzene rings is 1. The topological polar surface area (TPSA) is 106 Å². The van der Waals surface area contributed by atoms with Crippen LogP contribution in [-0.2, 0) is 19.6 Å². The highest BCUT2D eigenvalue weighted by Gasteiger charge is 2.32. The zero-order valence-electron chi connectivity index (χ0n) is 17.4. The van der Waals surface area contributed by atoms with Crippen LogP contribution in [0.3, 0.4) is 0 Å². The van der Waals surface area contributed by atoms with Gasteiger partial charge in [-0.15, -0.1) is 22.9 Å². The van der Waals surface area contributed by atoms with Gasteiger partial charge in [-0.05, 0) is 61.3 Å². The minimum Gasteiger partial charge on any atom is -0.455 e. The van der Waals surface area contributed by atoms with Crippen molar-refractivity contribution in [2.24, 2.45) is 0 Å². The summed E-state index contributed by atoms with van der Waals surface area (Å²) in [7, 11) is -4.55. The highest BCUT2D eigenvalue weighted by molar-refractivity contribution is 7.98. The molecule has 170 valence electrons. The molecule has 8 nitrogen and oxygen atoms in total. The van der Waals surface area contributed by atoms with Crippen LogP contribution in [0.1, 0.15) is 38.2 Å². The van der Waals surface area contributed by atoms with Gasteiger partial charge in [0.05, 0.1) is 16.1 Å². The molecule has 0 spiro atoms. The summed E-state index contributed by atoms with van der Waals surface area (Å²) in [5, 5.41) is 1.46. The number of ether oxygens (including phenoxy) is 1. The van der Waals surface area contributed by atoms with Crippen LogP contribution >= 0.6 is 31.7 Å². The molecule has 31 heavy (non-hydrogen) atoms. The van der Waals surface area contributed by atoms with E-state index in [1.807, 2.05) is 0 Å². The van der Waals surface area contributed by atoms with Crippen LogP contribution in [0.2, 0.25) is 0 Å². The summed E-state index contributed by atoms with van der Waals surface area (Å²) in [5.41, 5.74) is 0.205. The van der Waals surface area contributed by atoms with E-state index in [0.717, 1.165) is 33.6 Å². The molecule has 1 N–H and O–H groups in total. The van der Waals surface area contributed by atoms with Crippen molar-refractivity contribution in [2.75, 3.05) is 16.1 Å². The van der Waals surface area contributed by atoms with Crippen LogP contribution in [0.4, 0.5) is 15.1 Å². The molecule has 2 unspecified atom stereocenters. The van der Waals surface area contributed by atoms with Gasteiger partial charge in [0.15, 0.2) is 5.69 Å². The first-order valence-corrected chi connectivity index (χ1v) is 13.1. The fourth-order valence-electron chi connectivity index (χ4n) is 2.28. The van der Waals surface area contributed by atoms with Gasteiger partial charge in [0.2, 0.25) is 5.91 Å². The van der Waals surface area contributed by atoms with Crippen LogP contribution in [0.25, 0.3) is 0 Å². The number of hydrogen-bond donors (Lipinski definition) is 1. The second-order valence-electron chi connectivity index (χ2n) is 7.25. The zero-order chi connectivity index (χ0) is 23.6. The maximum atomic E-state index is 14.5. The Morgan fingerprint density at radius 1 is 1.35 bits per heavy atom. The van der Waals surface area contributed by atoms with E-state index in [1.54, 1.807) is 27.4 Å². The van der Waals surface area contributed by atoms with Crippen molar-refractivity contribution in [2.45, 2.75) is 43.6 Å². The molecule has 1 aromatic heterocycles. The second kappa shape index (κ2) is 9.77. The molecule has 2 rings (SSSR count). The fraction of sp³-hybridized carbons (Fsp3) is 0.389. The summed E-state index contributed by atoms with van der Waals surface area (Å²) < 4.78 is 47.2. The molecule has 0 saturated carbocycles. The number of aromatic nitrogens is 1. The number of amides is 1. The summed E-state index contributed by atoms with van der Waals surface area (Å²) >= 11 is 6.61. The molecule has 0 aliphatic heterocycles. The summed E-state index contributed by atoms with van der Waals surface area (Å²) in [4.78, 5) is 27.8. The number of halogens is 2. The fourth-order valence-corrected chi connectivity index (χ4v) is 6.38. The number of hydrogen-bond acceptors (Lipinski definition) is 7. The SMILES string of the molecule is CPN(c1scnc1C(=O)OC(C)(C)C)S(=O)(=O)c1ccc(NC(=O)C(C)Cl)c(F)c1. The molecule has 2 atom stereocenters. The van der Waals surface area contributed by atoms with Crippen molar-refractivity contribution in [3.8, 4) is 0 Å². The Balaban J connectivity index is 2.41. The normalized spacial score (nSPS) is 13.3. The van der Waals surface area contributed by atoms with Crippen LogP contribution in [0, 0.1) is 5.82 Å². The van der Waals surface area contributed by atoms with E-state index in [2.05, 4.69) is 10.3 Å². The van der Waals surface area contributed by atoms with E-state index >= 15 is 0 Å². The zero-order valence-corrected chi connectivity index (χ0v) is 20.8. The van der Waals surface area contributed by atoms with E-state index in [-0.39, 0.29) is 30.0 Å². The highest BCUT2D eigenvalue weighted by Crippen LogP contribution is 2.38. The number of carbonyl (C=O) groups excluding carboxylic acids is 2. The number of alkyl halides is 1. The lowest BCUT2D eigenvalue weighted by atomic mass is 10.2. The van der Waals surface area contributed by atoms with Crippen molar-refractivity contribution in [3.63, 3.8) is 0 Å². The summed E-state index contributed by atoms with van der Waals surface area (Å²) in [6.07, 6.45) is 0. The van der Waals surface area contributed by atoms with Crippen LogP contribution in [-0.4, -0.2) is 42.9 Å². The van der Waals surface area contributed by atoms with Crippen molar-refractivity contribution >= 4 is 64.3 Å². The lowest BCUT2D eigenvalue weighted by molar-refractivity contribution is -0.115. The Hall–Kier alpha value is -1.81. The summed E-state index contributed by atoms with van der Waals surface area (Å²) in [6.45, 7) is 8.07. The largest absolute Gasteiger partial charge is 0.455 e. The second-order valence-corrected chi connectivity index (χ2v) is 11.7. The number of nitrogens with one attached hydrogen (secondary N) is 1. The average Bonchev–Trinajstić information content (AvgIpc) is 3.11. The minimum atomic E-state index is -4.23. The predicted octanol–water partition coefficient (Wildman–Crippen LogP) is 4.22. The first-order chi connectivity index (χ1) is 14.3. The van der Waals surface area contributed by atoms with E-state index < -0.39 is 38.7 Å². The van der Waals surface area contributed by atoms with Crippen LogP contribution in [0.5, 0.6) is 0 Å². The van der Waals surface area contributed by atoms with Crippen LogP contribution < -0.4 is 9.39 Å². The molecule has 1 amide bonds. The highest BCUT2D eigenvalue weighted by atomic mass is 35.5. The van der Waals surface area contributed by atoms with Gasteiger partial charge in [-0.3, -0.25) is 4.79 Å². The summed E-state index contributed by atoms with van der Waals surface area (Å²) in [6, 6.07) is 3.09. The van der Waals surface area contributed by atoms with E-state index in [9.17, 15) is 22.4 Å². The number of carbonyl (C=O) groups is 2. The molecule has 0 saturated heterocycles. The Morgan fingerprint density at radius 2 is 2.00 bits per heavy atom. The third-order valence-electron chi connectivity index (χ3n) is 3.63. The Kier molecular flexibility index (Phi) is 8.02. The van der Waals surface area contributed by atoms with Gasteiger partial charge in [0.1, 0.15) is 21.8 Å². The van der Waals surface area contributed by atoms with Crippen molar-refractivity contribution in [1.82, 2.24) is 4.98 Å². The molecule has 1 heterocycles. The molecule has 13 heteroatoms. The van der Waals surface area contributed by atoms with Crippen molar-refractivity contribution in [3.05, 3.63) is 35.2 Å². The van der Waals surface area contributed by atoms with Gasteiger partial charge in [-0.25, -0.2) is 26.7 Å². The average molecular weight is 510 g/mol. The standard InChI is InChI=1S/C18H22ClFN3O5PS2/c1-10(19)15(24)22-13-7-6-11(8-12(13)20)31(26,27)23(29-5)16-14(21-9-30-16)17(25)28-18(2,3)4/h6-10,29H,1-5H3,(H,22,24). The molecule has 0 aliphatic carbocycles. The van der Waals surface area contributed by atoms with E-state index in [4.69, 9.17) is 16.3 Å². The third-order valence-corrected chi connectivity index (χ3v) is 8.32. The monoisotopic (exact) mass is 509 g/mol. The van der Waals surface area contributed by atoms with Gasteiger partial charge >= 0.3 is 5.97 Å². The third kappa shape index (κ3) is 6.12. The Morgan fingerprint density at radius 3 is 2.52 bits per heavy atom. The number of rotatable bonds is 7. The van der Waals surface area contributed by atoms with E-state index in [0.29, 0.717) is 0 Å². The number of nitrogens with zero attached hydrogens (tertiary/aromatic N) is 2. The number of anilines is 2. The maximum Gasteiger partial charge on any atom is 0.360 e. The predicted molar refractivity (Wildman–Crippen MR) is 122 cm³/mol. The van der Waals surface area contributed by atoms with E-state index in [1.165, 1.54) is 12.4 Å². The smallest absolute Gasteiger partial charge is 0.360 e. The molecule has 0 fully saturated rings. The molecule has 0 bridgehead atoms. The lowest BCUT2D eigenvalue weighted by Crippen LogP contribution is -2.27. The first kappa shape index (κ1) is 25.5. The molecule has 2 aromatic rings. The van der Waals surface area contributed by atoms with Crippen molar-refractivity contribution < 1.29 is 27.1 Å². The van der Waals surface area contributed by atoms with Gasteiger partial charge in [-0.1, -0.05) is 0 Å². The van der Waals surface area contributed by atoms with Gasteiger partial charge in [-0.2, -0.15) is 0 Å². The van der Waals surface area contributed by atoms with Crippen LogP contribution in [0.15, 0.2) is 28.6 Å². The lowest BCUT2D eigenvalue weighted by Gasteiger charge is -2.23. The molecule has 1 aromatic carbocycles. The maximum absolute atomic E-state index is 14.5. The Labute approximate surface area is 191 Å². The number of thiazole rings is 1. The molecular weight excluding hydrogens is 488 g/mol. The van der Waals surface area contributed by atoms with Gasteiger partial charge in [0.25, 0.3) is 10.0 Å². The number of esters is 1. The molecule has 0 radical (unpaired) electrons. The molecule has 0 aliphatic rings. The number of sulfonamides is 1. The van der Waals surface area contributed by atoms with Gasteiger partial charge in [0, 0.05) is 0 Å².